The molecule has 0 spiro atoms. The Morgan fingerprint density at radius 2 is 1.83 bits per heavy atom. The lowest BCUT2D eigenvalue weighted by molar-refractivity contribution is 0.0773. The third-order valence-electron chi connectivity index (χ3n) is 5.63. The first-order valence-corrected chi connectivity index (χ1v) is 10.5. The van der Waals surface area contributed by atoms with Crippen molar-refractivity contribution in [3.8, 4) is 5.75 Å². The molecule has 0 fully saturated rings. The fraction of sp³-hybridized carbons (Fsp3) is 0.375. The molecule has 0 aliphatic carbocycles. The van der Waals surface area contributed by atoms with E-state index in [2.05, 4.69) is 10.3 Å². The quantitative estimate of drug-likeness (QED) is 0.435. The van der Waals surface area contributed by atoms with Crippen molar-refractivity contribution in [1.29, 1.82) is 0 Å². The van der Waals surface area contributed by atoms with Crippen molar-refractivity contribution in [1.82, 2.24) is 15.2 Å². The Morgan fingerprint density at radius 3 is 2.50 bits per heavy atom. The van der Waals surface area contributed by atoms with Gasteiger partial charge in [0.15, 0.2) is 0 Å². The molecule has 0 unspecified atom stereocenters. The summed E-state index contributed by atoms with van der Waals surface area (Å²) in [5, 5.41) is 24.4. The number of phenolic OH excluding ortho intramolecular Hbond substituents is 1. The van der Waals surface area contributed by atoms with Gasteiger partial charge < -0.3 is 25.4 Å². The highest BCUT2D eigenvalue weighted by Gasteiger charge is 2.17. The summed E-state index contributed by atoms with van der Waals surface area (Å²) in [5.74, 6) is 0.240. The van der Waals surface area contributed by atoms with E-state index in [1.54, 1.807) is 24.3 Å². The van der Waals surface area contributed by atoms with E-state index >= 15 is 0 Å². The van der Waals surface area contributed by atoms with Crippen LogP contribution >= 0.6 is 0 Å². The van der Waals surface area contributed by atoms with E-state index < -0.39 is 6.10 Å². The van der Waals surface area contributed by atoms with Crippen LogP contribution in [-0.2, 0) is 6.42 Å². The van der Waals surface area contributed by atoms with Crippen LogP contribution in [0.15, 0.2) is 48.7 Å². The van der Waals surface area contributed by atoms with Gasteiger partial charge in [-0.3, -0.25) is 4.79 Å². The van der Waals surface area contributed by atoms with Crippen LogP contribution in [0.2, 0.25) is 0 Å². The zero-order chi connectivity index (χ0) is 21.7. The normalized spacial score (nSPS) is 13.3. The van der Waals surface area contributed by atoms with Gasteiger partial charge in [0, 0.05) is 41.8 Å². The Balaban J connectivity index is 1.61. The Labute approximate surface area is 177 Å². The highest BCUT2D eigenvalue weighted by atomic mass is 16.3. The number of rotatable bonds is 9. The molecule has 1 aromatic heterocycles. The molecule has 2 atom stereocenters. The summed E-state index contributed by atoms with van der Waals surface area (Å²) in [5.41, 5.74) is 3.60. The van der Waals surface area contributed by atoms with Crippen molar-refractivity contribution < 1.29 is 15.0 Å². The van der Waals surface area contributed by atoms with Gasteiger partial charge in [0.2, 0.25) is 0 Å². The smallest absolute Gasteiger partial charge is 0.253 e. The average Bonchev–Trinajstić information content (AvgIpc) is 3.16. The summed E-state index contributed by atoms with van der Waals surface area (Å²) in [6, 6.07) is 12.3. The van der Waals surface area contributed by atoms with Crippen molar-refractivity contribution in [2.75, 3.05) is 19.6 Å². The van der Waals surface area contributed by atoms with Crippen molar-refractivity contribution in [3.05, 3.63) is 65.4 Å². The van der Waals surface area contributed by atoms with Crippen molar-refractivity contribution in [3.63, 3.8) is 0 Å². The molecule has 6 heteroatoms. The number of H-pyrrole nitrogens is 1. The number of carbonyl (C=O) groups excluding carboxylic acids is 1. The molecule has 0 saturated carbocycles. The summed E-state index contributed by atoms with van der Waals surface area (Å²) in [7, 11) is 0. The van der Waals surface area contributed by atoms with E-state index in [0.29, 0.717) is 25.2 Å². The number of aliphatic hydroxyl groups excluding tert-OH is 1. The molecule has 0 aliphatic rings. The molecule has 3 rings (SSSR count). The fourth-order valence-electron chi connectivity index (χ4n) is 3.73. The second-order valence-corrected chi connectivity index (χ2v) is 7.58. The second-order valence-electron chi connectivity index (χ2n) is 7.58. The van der Waals surface area contributed by atoms with Crippen molar-refractivity contribution in [2.24, 2.45) is 0 Å². The van der Waals surface area contributed by atoms with E-state index in [4.69, 9.17) is 0 Å². The minimum atomic E-state index is -0.651. The van der Waals surface area contributed by atoms with Gasteiger partial charge in [-0.15, -0.1) is 0 Å². The van der Waals surface area contributed by atoms with E-state index in [9.17, 15) is 15.0 Å². The van der Waals surface area contributed by atoms with Crippen LogP contribution in [-0.4, -0.2) is 51.7 Å². The number of aliphatic hydroxyl groups is 1. The van der Waals surface area contributed by atoms with E-state index in [1.165, 1.54) is 5.56 Å². The second kappa shape index (κ2) is 9.78. The number of nitrogens with one attached hydrogen (secondary N) is 2. The molecule has 1 heterocycles. The fourth-order valence-corrected chi connectivity index (χ4v) is 3.73. The minimum Gasteiger partial charge on any atom is -0.508 e. The molecule has 0 bridgehead atoms. The van der Waals surface area contributed by atoms with Gasteiger partial charge in [-0.2, -0.15) is 0 Å². The van der Waals surface area contributed by atoms with Gasteiger partial charge in [0.1, 0.15) is 5.75 Å². The maximum absolute atomic E-state index is 12.6. The number of aromatic amines is 1. The standard InChI is InChI=1S/C24H31N3O3/c1-4-27(5-2)24(30)18-8-11-21-19(15-26-22(21)14-18)12-13-25-16(3)23(29)17-6-9-20(28)10-7-17/h6-11,14-16,23,25-26,28-29H,4-5,12-13H2,1-3H3/t16-,23+/m0/s1. The summed E-state index contributed by atoms with van der Waals surface area (Å²) >= 11 is 0. The lowest BCUT2D eigenvalue weighted by Gasteiger charge is -2.20. The molecule has 0 radical (unpaired) electrons. The average molecular weight is 410 g/mol. The van der Waals surface area contributed by atoms with Crippen LogP contribution in [0.4, 0.5) is 0 Å². The largest absolute Gasteiger partial charge is 0.508 e. The minimum absolute atomic E-state index is 0.0526. The first kappa shape index (κ1) is 21.9. The Bertz CT molecular complexity index is 977. The van der Waals surface area contributed by atoms with Crippen LogP contribution in [0, 0.1) is 0 Å². The summed E-state index contributed by atoms with van der Waals surface area (Å²) < 4.78 is 0. The number of carbonyl (C=O) groups is 1. The molecular weight excluding hydrogens is 378 g/mol. The lowest BCUT2D eigenvalue weighted by atomic mass is 10.0. The first-order valence-electron chi connectivity index (χ1n) is 10.5. The molecule has 0 aliphatic heterocycles. The predicted molar refractivity (Wildman–Crippen MR) is 120 cm³/mol. The number of nitrogens with zero attached hydrogens (tertiary/aromatic N) is 1. The molecule has 3 aromatic rings. The molecule has 1 amide bonds. The number of hydrogen-bond acceptors (Lipinski definition) is 4. The Kier molecular flexibility index (Phi) is 7.13. The van der Waals surface area contributed by atoms with Crippen LogP contribution < -0.4 is 5.32 Å². The summed E-state index contributed by atoms with van der Waals surface area (Å²) in [4.78, 5) is 17.7. The predicted octanol–water partition coefficient (Wildman–Crippen LogP) is 3.61. The van der Waals surface area contributed by atoms with Gasteiger partial charge in [-0.25, -0.2) is 0 Å². The number of amides is 1. The highest BCUT2D eigenvalue weighted by molar-refractivity contribution is 5.98. The summed E-state index contributed by atoms with van der Waals surface area (Å²) in [6.07, 6.45) is 2.14. The van der Waals surface area contributed by atoms with Crippen molar-refractivity contribution in [2.45, 2.75) is 39.3 Å². The zero-order valence-corrected chi connectivity index (χ0v) is 17.9. The molecule has 4 N–H and O–H groups in total. The monoisotopic (exact) mass is 409 g/mol. The van der Waals surface area contributed by atoms with Crippen LogP contribution in [0.5, 0.6) is 5.75 Å². The molecular formula is C24H31N3O3. The molecule has 160 valence electrons. The molecule has 30 heavy (non-hydrogen) atoms. The number of benzene rings is 2. The maximum atomic E-state index is 12.6. The van der Waals surface area contributed by atoms with Gasteiger partial charge in [-0.1, -0.05) is 18.2 Å². The number of fused-ring (bicyclic) bond motifs is 1. The highest BCUT2D eigenvalue weighted by Crippen LogP contribution is 2.22. The van der Waals surface area contributed by atoms with Gasteiger partial charge in [-0.05, 0) is 69.1 Å². The van der Waals surface area contributed by atoms with Gasteiger partial charge in [0.05, 0.1) is 6.10 Å². The molecule has 0 saturated heterocycles. The third kappa shape index (κ3) is 4.83. The topological polar surface area (TPSA) is 88.6 Å². The SMILES string of the molecule is CCN(CC)C(=O)c1ccc2c(CCN[C@@H](C)[C@@H](O)c3ccc(O)cc3)c[nH]c2c1. The third-order valence-corrected chi connectivity index (χ3v) is 5.63. The van der Waals surface area contributed by atoms with Crippen molar-refractivity contribution >= 4 is 16.8 Å². The Morgan fingerprint density at radius 1 is 1.13 bits per heavy atom. The summed E-state index contributed by atoms with van der Waals surface area (Å²) in [6.45, 7) is 8.02. The molecule has 6 nitrogen and oxygen atoms in total. The number of aromatic nitrogens is 1. The number of phenols is 1. The van der Waals surface area contributed by atoms with Crippen LogP contribution in [0.3, 0.4) is 0 Å². The Hall–Kier alpha value is -2.83. The van der Waals surface area contributed by atoms with Crippen LogP contribution in [0.1, 0.15) is 48.4 Å². The van der Waals surface area contributed by atoms with Crippen LogP contribution in [0.25, 0.3) is 10.9 Å². The molecule has 2 aromatic carbocycles. The van der Waals surface area contributed by atoms with E-state index in [-0.39, 0.29) is 17.7 Å². The van der Waals surface area contributed by atoms with Gasteiger partial charge >= 0.3 is 0 Å². The maximum Gasteiger partial charge on any atom is 0.253 e. The van der Waals surface area contributed by atoms with Gasteiger partial charge in [0.25, 0.3) is 5.91 Å². The number of hydrogen-bond donors (Lipinski definition) is 4. The number of aromatic hydroxyl groups is 1. The first-order chi connectivity index (χ1) is 14.4. The van der Waals surface area contributed by atoms with E-state index in [1.807, 2.05) is 50.1 Å². The zero-order valence-electron chi connectivity index (χ0n) is 17.9. The lowest BCUT2D eigenvalue weighted by Crippen LogP contribution is -2.33. The van der Waals surface area contributed by atoms with E-state index in [0.717, 1.165) is 22.9 Å².